The molecule has 7 nitrogen and oxygen atoms in total. The van der Waals surface area contributed by atoms with Gasteiger partial charge in [-0.15, -0.1) is 0 Å². The number of aromatic nitrogens is 1. The number of H-pyrrole nitrogens is 1. The second-order valence-electron chi connectivity index (χ2n) is 6.28. The van der Waals surface area contributed by atoms with E-state index in [-0.39, 0.29) is 11.8 Å². The summed E-state index contributed by atoms with van der Waals surface area (Å²) in [4.78, 5) is 2.52. The topological polar surface area (TPSA) is 104 Å². The van der Waals surface area contributed by atoms with Crippen LogP contribution < -0.4 is 21.7 Å². The molecular weight excluding hydrogens is 413 g/mol. The number of fused-ring (bicyclic) bond motifs is 1. The highest BCUT2D eigenvalue weighted by atomic mass is 35.5. The number of nitrogens with one attached hydrogen (secondary N) is 5. The molecule has 0 unspecified atom stereocenters. The second-order valence-corrected chi connectivity index (χ2v) is 7.15. The van der Waals surface area contributed by atoms with Crippen molar-refractivity contribution >= 4 is 56.7 Å². The van der Waals surface area contributed by atoms with E-state index in [9.17, 15) is 10.2 Å². The second kappa shape index (κ2) is 7.90. The predicted octanol–water partition coefficient (Wildman–Crippen LogP) is 5.76. The zero-order valence-corrected chi connectivity index (χ0v) is 16.4. The molecule has 29 heavy (non-hydrogen) atoms. The SMILES string of the molecule is Oc1[nH]c(O)c2cc(NNc3ccc(Cl)cc3)c(NNc3ccc(Cl)cc3)cc12. The summed E-state index contributed by atoms with van der Waals surface area (Å²) < 4.78 is 0. The first kappa shape index (κ1) is 18.9. The van der Waals surface area contributed by atoms with Crippen LogP contribution in [-0.2, 0) is 0 Å². The van der Waals surface area contributed by atoms with Gasteiger partial charge in [-0.1, -0.05) is 23.2 Å². The summed E-state index contributed by atoms with van der Waals surface area (Å²) in [5.41, 5.74) is 15.2. The van der Waals surface area contributed by atoms with E-state index in [4.69, 9.17) is 23.2 Å². The molecule has 0 radical (unpaired) electrons. The molecule has 0 atom stereocenters. The Morgan fingerprint density at radius 3 is 1.34 bits per heavy atom. The molecule has 7 N–H and O–H groups in total. The Morgan fingerprint density at radius 1 is 0.586 bits per heavy atom. The number of benzene rings is 3. The van der Waals surface area contributed by atoms with Gasteiger partial charge < -0.3 is 21.1 Å². The molecule has 1 heterocycles. The van der Waals surface area contributed by atoms with Crippen LogP contribution in [0.15, 0.2) is 60.7 Å². The zero-order valence-electron chi connectivity index (χ0n) is 14.9. The van der Waals surface area contributed by atoms with Crippen LogP contribution in [0, 0.1) is 0 Å². The number of anilines is 4. The van der Waals surface area contributed by atoms with Crippen molar-refractivity contribution in [2.75, 3.05) is 21.7 Å². The molecule has 1 aromatic heterocycles. The highest BCUT2D eigenvalue weighted by Gasteiger charge is 2.13. The zero-order chi connectivity index (χ0) is 20.4. The smallest absolute Gasteiger partial charge is 0.199 e. The fourth-order valence-corrected chi connectivity index (χ4v) is 3.04. The number of hydrazine groups is 2. The molecule has 0 spiro atoms. The molecular formula is C20H17Cl2N5O2. The minimum absolute atomic E-state index is 0.121. The number of aromatic hydroxyl groups is 2. The largest absolute Gasteiger partial charge is 0.494 e. The molecule has 0 fully saturated rings. The van der Waals surface area contributed by atoms with Crippen LogP contribution in [0.2, 0.25) is 10.0 Å². The summed E-state index contributed by atoms with van der Waals surface area (Å²) in [6, 6.07) is 17.8. The van der Waals surface area contributed by atoms with Crippen LogP contribution in [0.25, 0.3) is 10.8 Å². The lowest BCUT2D eigenvalue weighted by Crippen LogP contribution is -2.14. The monoisotopic (exact) mass is 429 g/mol. The van der Waals surface area contributed by atoms with Crippen molar-refractivity contribution in [3.63, 3.8) is 0 Å². The van der Waals surface area contributed by atoms with E-state index in [1.165, 1.54) is 0 Å². The van der Waals surface area contributed by atoms with Gasteiger partial charge in [-0.2, -0.15) is 0 Å². The first-order valence-corrected chi connectivity index (χ1v) is 9.38. The Balaban J connectivity index is 1.62. The summed E-state index contributed by atoms with van der Waals surface area (Å²) in [6.45, 7) is 0. The van der Waals surface area contributed by atoms with Crippen molar-refractivity contribution < 1.29 is 10.2 Å². The van der Waals surface area contributed by atoms with Crippen molar-refractivity contribution in [1.29, 1.82) is 0 Å². The first-order valence-electron chi connectivity index (χ1n) is 8.62. The lowest BCUT2D eigenvalue weighted by atomic mass is 10.1. The average molecular weight is 430 g/mol. The van der Waals surface area contributed by atoms with Gasteiger partial charge in [0.05, 0.1) is 22.7 Å². The molecule has 0 aliphatic heterocycles. The maximum Gasteiger partial charge on any atom is 0.199 e. The molecule has 0 bridgehead atoms. The summed E-state index contributed by atoms with van der Waals surface area (Å²) in [6.07, 6.45) is 0. The maximum atomic E-state index is 10.0. The van der Waals surface area contributed by atoms with Crippen molar-refractivity contribution in [1.82, 2.24) is 4.98 Å². The number of hydrogen-bond donors (Lipinski definition) is 7. The predicted molar refractivity (Wildman–Crippen MR) is 119 cm³/mol. The van der Waals surface area contributed by atoms with Gasteiger partial charge in [0.2, 0.25) is 0 Å². The Labute approximate surface area is 176 Å². The Hall–Kier alpha value is -3.42. The highest BCUT2D eigenvalue weighted by Crippen LogP contribution is 2.38. The minimum Gasteiger partial charge on any atom is -0.494 e. The van der Waals surface area contributed by atoms with Gasteiger partial charge in [-0.3, -0.25) is 15.8 Å². The van der Waals surface area contributed by atoms with Gasteiger partial charge in [0.1, 0.15) is 0 Å². The third-order valence-corrected chi connectivity index (χ3v) is 4.78. The van der Waals surface area contributed by atoms with E-state index in [1.54, 1.807) is 36.4 Å². The van der Waals surface area contributed by atoms with Crippen molar-refractivity contribution in [2.45, 2.75) is 0 Å². The normalized spacial score (nSPS) is 10.7. The molecule has 3 aromatic carbocycles. The molecule has 0 saturated carbocycles. The van der Waals surface area contributed by atoms with Crippen molar-refractivity contribution in [3.8, 4) is 11.8 Å². The third kappa shape index (κ3) is 4.21. The quantitative estimate of drug-likeness (QED) is 0.196. The molecule has 148 valence electrons. The third-order valence-electron chi connectivity index (χ3n) is 4.28. The van der Waals surface area contributed by atoms with E-state index < -0.39 is 0 Å². The van der Waals surface area contributed by atoms with Gasteiger partial charge in [-0.25, -0.2) is 0 Å². The van der Waals surface area contributed by atoms with Gasteiger partial charge in [0.15, 0.2) is 11.8 Å². The van der Waals surface area contributed by atoms with E-state index in [0.29, 0.717) is 32.2 Å². The Bertz CT molecular complexity index is 1050. The molecule has 9 heteroatoms. The molecule has 0 saturated heterocycles. The van der Waals surface area contributed by atoms with E-state index >= 15 is 0 Å². The van der Waals surface area contributed by atoms with Crippen LogP contribution in [0.4, 0.5) is 22.7 Å². The van der Waals surface area contributed by atoms with Crippen molar-refractivity contribution in [3.05, 3.63) is 70.7 Å². The summed E-state index contributed by atoms with van der Waals surface area (Å²) in [7, 11) is 0. The van der Waals surface area contributed by atoms with Crippen LogP contribution >= 0.6 is 23.2 Å². The summed E-state index contributed by atoms with van der Waals surface area (Å²) >= 11 is 11.8. The van der Waals surface area contributed by atoms with Crippen molar-refractivity contribution in [2.24, 2.45) is 0 Å². The number of hydrogen-bond acceptors (Lipinski definition) is 6. The first-order chi connectivity index (χ1) is 14.0. The maximum absolute atomic E-state index is 10.0. The molecule has 0 amide bonds. The Morgan fingerprint density at radius 2 is 0.966 bits per heavy atom. The molecule has 0 aliphatic rings. The van der Waals surface area contributed by atoms with Crippen LogP contribution in [0.1, 0.15) is 0 Å². The van der Waals surface area contributed by atoms with E-state index in [0.717, 1.165) is 11.4 Å². The van der Waals surface area contributed by atoms with Gasteiger partial charge in [0, 0.05) is 20.8 Å². The lowest BCUT2D eigenvalue weighted by Gasteiger charge is -2.17. The van der Waals surface area contributed by atoms with Gasteiger partial charge in [-0.05, 0) is 60.7 Å². The van der Waals surface area contributed by atoms with Crippen LogP contribution in [-0.4, -0.2) is 15.2 Å². The fourth-order valence-electron chi connectivity index (χ4n) is 2.79. The number of rotatable bonds is 6. The fraction of sp³-hybridized carbons (Fsp3) is 0. The van der Waals surface area contributed by atoms with E-state index in [1.807, 2.05) is 24.3 Å². The number of aromatic amines is 1. The van der Waals surface area contributed by atoms with Gasteiger partial charge in [0.25, 0.3) is 0 Å². The van der Waals surface area contributed by atoms with Crippen LogP contribution in [0.5, 0.6) is 11.8 Å². The molecule has 4 rings (SSSR count). The average Bonchev–Trinajstić information content (AvgIpc) is 2.99. The van der Waals surface area contributed by atoms with E-state index in [2.05, 4.69) is 26.7 Å². The molecule has 4 aromatic rings. The summed E-state index contributed by atoms with van der Waals surface area (Å²) in [5, 5.41) is 22.3. The van der Waals surface area contributed by atoms with Crippen LogP contribution in [0.3, 0.4) is 0 Å². The standard InChI is InChI=1S/C20H17Cl2N5O2/c21-11-1-5-13(6-2-11)24-26-17-9-15-16(20(29)23-19(15)28)10-18(17)27-25-14-7-3-12(22)4-8-14/h1-10,23-29H. The molecule has 0 aliphatic carbocycles. The number of halogens is 2. The lowest BCUT2D eigenvalue weighted by molar-refractivity contribution is 0.429. The summed E-state index contributed by atoms with van der Waals surface area (Å²) in [5.74, 6) is -0.242. The minimum atomic E-state index is -0.121. The van der Waals surface area contributed by atoms with Gasteiger partial charge >= 0.3 is 0 Å². The Kier molecular flexibility index (Phi) is 5.16. The highest BCUT2D eigenvalue weighted by molar-refractivity contribution is 6.30.